The van der Waals surface area contributed by atoms with Gasteiger partial charge < -0.3 is 15.2 Å². The number of ether oxygens (including phenoxy) is 1. The van der Waals surface area contributed by atoms with Gasteiger partial charge in [0.1, 0.15) is 24.1 Å². The summed E-state index contributed by atoms with van der Waals surface area (Å²) in [5.74, 6) is -1.49. The summed E-state index contributed by atoms with van der Waals surface area (Å²) < 4.78 is 33.8. The van der Waals surface area contributed by atoms with Gasteiger partial charge in [-0.2, -0.15) is 4.98 Å². The number of aliphatic hydroxyl groups excluding tert-OH is 1. The van der Waals surface area contributed by atoms with Crippen molar-refractivity contribution in [2.45, 2.75) is 58.8 Å². The van der Waals surface area contributed by atoms with E-state index < -0.39 is 23.3 Å². The van der Waals surface area contributed by atoms with E-state index in [1.165, 1.54) is 10.6 Å². The Bertz CT molecular complexity index is 980. The number of rotatable bonds is 10. The molecule has 1 amide bonds. The lowest BCUT2D eigenvalue weighted by Gasteiger charge is -2.18. The normalized spacial score (nSPS) is 12.1. The van der Waals surface area contributed by atoms with Crippen molar-refractivity contribution >= 4 is 17.5 Å². The minimum absolute atomic E-state index is 0.0867. The van der Waals surface area contributed by atoms with Gasteiger partial charge >= 0.3 is 0 Å². The highest BCUT2D eigenvalue weighted by Crippen LogP contribution is 2.22. The first-order valence-electron chi connectivity index (χ1n) is 9.92. The van der Waals surface area contributed by atoms with Crippen molar-refractivity contribution in [1.82, 2.24) is 14.9 Å². The van der Waals surface area contributed by atoms with Crippen LogP contribution in [0.2, 0.25) is 5.02 Å². The molecule has 0 fully saturated rings. The Labute approximate surface area is 184 Å². The molecule has 0 aliphatic rings. The molecule has 1 aromatic heterocycles. The Kier molecular flexibility index (Phi) is 8.94. The zero-order valence-corrected chi connectivity index (χ0v) is 18.4. The van der Waals surface area contributed by atoms with Crippen molar-refractivity contribution < 1.29 is 23.4 Å². The molecule has 1 aromatic carbocycles. The Morgan fingerprint density at radius 2 is 2.03 bits per heavy atom. The number of nitrogens with one attached hydrogen (secondary N) is 1. The molecule has 2 N–H and O–H groups in total. The molecule has 0 spiro atoms. The fourth-order valence-electron chi connectivity index (χ4n) is 2.88. The van der Waals surface area contributed by atoms with Gasteiger partial charge in [0.2, 0.25) is 11.8 Å². The average Bonchev–Trinajstić information content (AvgIpc) is 2.68. The second-order valence-electron chi connectivity index (χ2n) is 7.45. The number of aryl methyl sites for hydroxylation is 1. The van der Waals surface area contributed by atoms with Gasteiger partial charge in [0, 0.05) is 37.1 Å². The summed E-state index contributed by atoms with van der Waals surface area (Å²) in [5, 5.41) is 11.6. The molecule has 31 heavy (non-hydrogen) atoms. The highest BCUT2D eigenvalue weighted by Gasteiger charge is 2.19. The maximum absolute atomic E-state index is 13.8. The molecule has 0 aliphatic carbocycles. The molecular formula is C21H26ClF2N3O4. The van der Waals surface area contributed by atoms with Gasteiger partial charge in [-0.1, -0.05) is 11.6 Å². The molecule has 10 heteroatoms. The zero-order valence-electron chi connectivity index (χ0n) is 17.6. The predicted molar refractivity (Wildman–Crippen MR) is 112 cm³/mol. The van der Waals surface area contributed by atoms with Crippen LogP contribution in [0.15, 0.2) is 23.0 Å². The first-order chi connectivity index (χ1) is 14.6. The van der Waals surface area contributed by atoms with E-state index in [4.69, 9.17) is 16.3 Å². The number of nitrogens with zero attached hydrogens (tertiary/aromatic N) is 2. The molecule has 1 heterocycles. The molecule has 0 unspecified atom stereocenters. The molecule has 0 aliphatic heterocycles. The van der Waals surface area contributed by atoms with Crippen LogP contribution in [0.25, 0.3) is 0 Å². The molecule has 0 saturated carbocycles. The summed E-state index contributed by atoms with van der Waals surface area (Å²) in [6, 6.07) is 2.83. The fraction of sp³-hybridized carbons (Fsp3) is 0.476. The summed E-state index contributed by atoms with van der Waals surface area (Å²) in [7, 11) is 0. The van der Waals surface area contributed by atoms with Crippen LogP contribution in [0, 0.1) is 11.6 Å². The first-order valence-corrected chi connectivity index (χ1v) is 10.3. The summed E-state index contributed by atoms with van der Waals surface area (Å²) in [5.41, 5.74) is -0.418. The molecular weight excluding hydrogens is 432 g/mol. The number of amides is 1. The number of halogens is 3. The van der Waals surface area contributed by atoms with Gasteiger partial charge in [0.05, 0.1) is 6.10 Å². The lowest BCUT2D eigenvalue weighted by Crippen LogP contribution is -2.31. The molecule has 2 aromatic rings. The number of hydrogen-bond acceptors (Lipinski definition) is 5. The van der Waals surface area contributed by atoms with Crippen LogP contribution < -0.4 is 15.6 Å². The molecule has 1 atom stereocenters. The molecule has 0 bridgehead atoms. The van der Waals surface area contributed by atoms with Crippen LogP contribution in [-0.4, -0.2) is 33.2 Å². The number of benzene rings is 1. The quantitative estimate of drug-likeness (QED) is 0.571. The Morgan fingerprint density at radius 3 is 2.65 bits per heavy atom. The summed E-state index contributed by atoms with van der Waals surface area (Å²) in [4.78, 5) is 28.9. The minimum Gasteiger partial charge on any atom is -0.471 e. The van der Waals surface area contributed by atoms with E-state index in [1.807, 2.05) is 0 Å². The van der Waals surface area contributed by atoms with Crippen molar-refractivity contribution in [2.24, 2.45) is 0 Å². The highest BCUT2D eigenvalue weighted by molar-refractivity contribution is 6.31. The number of hydrogen-bond donors (Lipinski definition) is 2. The lowest BCUT2D eigenvalue weighted by molar-refractivity contribution is -0.121. The maximum Gasteiger partial charge on any atom is 0.276 e. The number of aromatic nitrogens is 2. The minimum atomic E-state index is -0.782. The Morgan fingerprint density at radius 1 is 1.32 bits per heavy atom. The van der Waals surface area contributed by atoms with E-state index in [0.717, 1.165) is 12.1 Å². The van der Waals surface area contributed by atoms with E-state index >= 15 is 0 Å². The van der Waals surface area contributed by atoms with E-state index in [1.54, 1.807) is 20.8 Å². The van der Waals surface area contributed by atoms with E-state index in [2.05, 4.69) is 10.3 Å². The molecule has 170 valence electrons. The number of aliphatic hydroxyl groups is 1. The second-order valence-corrected chi connectivity index (χ2v) is 7.83. The zero-order chi connectivity index (χ0) is 23.1. The standard InChI is InChI=1S/C21H26ClF2N3O4/c1-12(2)27-17(5-4-6-18(29)25-10-13(3)28)26-20(19(22)21(27)30)31-11-14-7-8-15(23)9-16(14)24/h7-9,12-13,28H,4-6,10-11H2,1-3H3,(H,25,29)/t13-/m1/s1. The predicted octanol–water partition coefficient (Wildman–Crippen LogP) is 3.15. The van der Waals surface area contributed by atoms with Gasteiger partial charge in [0.25, 0.3) is 5.56 Å². The lowest BCUT2D eigenvalue weighted by atomic mass is 10.2. The Hall–Kier alpha value is -2.52. The van der Waals surface area contributed by atoms with Gasteiger partial charge in [-0.25, -0.2) is 8.78 Å². The number of carbonyl (C=O) groups excluding carboxylic acids is 1. The van der Waals surface area contributed by atoms with Crippen LogP contribution >= 0.6 is 11.6 Å². The largest absolute Gasteiger partial charge is 0.471 e. The summed E-state index contributed by atoms with van der Waals surface area (Å²) in [6.45, 7) is 5.04. The third-order valence-corrected chi connectivity index (χ3v) is 4.72. The van der Waals surface area contributed by atoms with Crippen LogP contribution in [0.5, 0.6) is 5.88 Å². The summed E-state index contributed by atoms with van der Waals surface area (Å²) >= 11 is 6.14. The van der Waals surface area contributed by atoms with Crippen molar-refractivity contribution in [1.29, 1.82) is 0 Å². The topological polar surface area (TPSA) is 93.5 Å². The maximum atomic E-state index is 13.8. The first kappa shape index (κ1) is 24.7. The molecule has 0 saturated heterocycles. The summed E-state index contributed by atoms with van der Waals surface area (Å²) in [6.07, 6.45) is 0.242. The van der Waals surface area contributed by atoms with E-state index in [-0.39, 0.29) is 48.0 Å². The van der Waals surface area contributed by atoms with Crippen LogP contribution in [0.1, 0.15) is 51.0 Å². The van der Waals surface area contributed by atoms with Gasteiger partial charge in [-0.05, 0) is 39.3 Å². The van der Waals surface area contributed by atoms with Gasteiger partial charge in [-0.3, -0.25) is 14.2 Å². The van der Waals surface area contributed by atoms with Crippen molar-refractivity contribution in [3.05, 3.63) is 56.6 Å². The van der Waals surface area contributed by atoms with E-state index in [9.17, 15) is 23.5 Å². The third kappa shape index (κ3) is 7.00. The van der Waals surface area contributed by atoms with E-state index in [0.29, 0.717) is 18.7 Å². The SMILES string of the molecule is CC(C)n1c(CCCC(=O)NC[C@@H](C)O)nc(OCc2ccc(F)cc2F)c(Cl)c1=O. The molecule has 0 radical (unpaired) electrons. The van der Waals surface area contributed by atoms with Gasteiger partial charge in [-0.15, -0.1) is 0 Å². The monoisotopic (exact) mass is 457 g/mol. The van der Waals surface area contributed by atoms with Crippen LogP contribution in [0.3, 0.4) is 0 Å². The van der Waals surface area contributed by atoms with Gasteiger partial charge in [0.15, 0.2) is 5.02 Å². The second kappa shape index (κ2) is 11.2. The van der Waals surface area contributed by atoms with Crippen LogP contribution in [-0.2, 0) is 17.8 Å². The smallest absolute Gasteiger partial charge is 0.276 e. The van der Waals surface area contributed by atoms with Crippen molar-refractivity contribution in [3.63, 3.8) is 0 Å². The van der Waals surface area contributed by atoms with Crippen molar-refractivity contribution in [3.8, 4) is 5.88 Å². The highest BCUT2D eigenvalue weighted by atomic mass is 35.5. The molecule has 2 rings (SSSR count). The average molecular weight is 458 g/mol. The number of carbonyl (C=O) groups is 1. The fourth-order valence-corrected chi connectivity index (χ4v) is 3.07. The molecule has 7 nitrogen and oxygen atoms in total. The Balaban J connectivity index is 2.17. The van der Waals surface area contributed by atoms with Crippen molar-refractivity contribution in [2.75, 3.05) is 6.54 Å². The third-order valence-electron chi connectivity index (χ3n) is 4.40. The van der Waals surface area contributed by atoms with Crippen LogP contribution in [0.4, 0.5) is 8.78 Å².